The summed E-state index contributed by atoms with van der Waals surface area (Å²) in [4.78, 5) is 27.6. The van der Waals surface area contributed by atoms with E-state index in [1.54, 1.807) is 24.3 Å². The molecule has 1 fully saturated rings. The summed E-state index contributed by atoms with van der Waals surface area (Å²) in [5.74, 6) is -0.283. The number of hydrogen-bond donors (Lipinski definition) is 1. The minimum absolute atomic E-state index is 0.0455. The number of rotatable bonds is 12. The maximum atomic E-state index is 13.2. The van der Waals surface area contributed by atoms with Crippen LogP contribution in [0.4, 0.5) is 0 Å². The molecule has 7 heteroatoms. The van der Waals surface area contributed by atoms with Gasteiger partial charge in [-0.15, -0.1) is 0 Å². The Bertz CT molecular complexity index is 1310. The molecule has 1 heterocycles. The van der Waals surface area contributed by atoms with Crippen molar-refractivity contribution in [1.82, 2.24) is 4.90 Å². The summed E-state index contributed by atoms with van der Waals surface area (Å²) in [6.07, 6.45) is 1.99. The van der Waals surface area contributed by atoms with E-state index in [0.29, 0.717) is 35.8 Å². The summed E-state index contributed by atoms with van der Waals surface area (Å²) < 4.78 is 16.8. The first kappa shape index (κ1) is 27.9. The zero-order valence-corrected chi connectivity index (χ0v) is 22.7. The molecule has 0 aliphatic carbocycles. The molecule has 7 nitrogen and oxygen atoms in total. The molecule has 204 valence electrons. The third-order valence-corrected chi connectivity index (χ3v) is 6.65. The molecule has 1 atom stereocenters. The number of nitrogens with zero attached hydrogens (tertiary/aromatic N) is 1. The van der Waals surface area contributed by atoms with Crippen LogP contribution in [-0.4, -0.2) is 48.6 Å². The zero-order valence-electron chi connectivity index (χ0n) is 22.7. The topological polar surface area (TPSA) is 85.3 Å². The molecule has 1 amide bonds. The highest BCUT2D eigenvalue weighted by Gasteiger charge is 2.45. The highest BCUT2D eigenvalue weighted by molar-refractivity contribution is 6.46. The second kappa shape index (κ2) is 13.1. The first-order valence-electron chi connectivity index (χ1n) is 13.2. The Kier molecular flexibility index (Phi) is 9.39. The maximum absolute atomic E-state index is 13.2. The Morgan fingerprint density at radius 1 is 0.923 bits per heavy atom. The van der Waals surface area contributed by atoms with Crippen molar-refractivity contribution in [3.8, 4) is 11.5 Å². The van der Waals surface area contributed by atoms with Crippen molar-refractivity contribution in [1.29, 1.82) is 0 Å². The van der Waals surface area contributed by atoms with Gasteiger partial charge in [0.2, 0.25) is 0 Å². The van der Waals surface area contributed by atoms with E-state index in [2.05, 4.69) is 13.0 Å². The molecule has 1 aliphatic heterocycles. The maximum Gasteiger partial charge on any atom is 0.295 e. The minimum Gasteiger partial charge on any atom is -0.507 e. The standard InChI is InChI=1S/C32H35NO6/c1-4-5-18-38-26-13-9-24(10-14-26)29-28(31(35)32(36)33(29)17-19-37-3)30(34)25-11-15-27(16-12-25)39-21-23-8-6-7-22(2)20-23/h6-16,20,29,34H,4-5,17-19,21H2,1-3H3/b30-28+/t29-/m0/s1. The fraction of sp³-hybridized carbons (Fsp3) is 0.312. The molecule has 0 saturated carbocycles. The quantitative estimate of drug-likeness (QED) is 0.138. The lowest BCUT2D eigenvalue weighted by molar-refractivity contribution is -0.140. The van der Waals surface area contributed by atoms with Gasteiger partial charge < -0.3 is 24.2 Å². The molecule has 0 bridgehead atoms. The van der Waals surface area contributed by atoms with E-state index in [0.717, 1.165) is 24.0 Å². The summed E-state index contributed by atoms with van der Waals surface area (Å²) in [7, 11) is 1.54. The molecular formula is C32H35NO6. The number of carbonyl (C=O) groups is 2. The van der Waals surface area contributed by atoms with E-state index in [-0.39, 0.29) is 24.5 Å². The number of aliphatic hydroxyl groups is 1. The Morgan fingerprint density at radius 2 is 1.62 bits per heavy atom. The van der Waals surface area contributed by atoms with E-state index in [1.165, 1.54) is 12.0 Å². The Morgan fingerprint density at radius 3 is 2.28 bits per heavy atom. The molecule has 1 saturated heterocycles. The van der Waals surface area contributed by atoms with Crippen molar-refractivity contribution in [2.24, 2.45) is 0 Å². The van der Waals surface area contributed by atoms with E-state index < -0.39 is 17.7 Å². The van der Waals surface area contributed by atoms with Crippen LogP contribution in [-0.2, 0) is 20.9 Å². The SMILES string of the molecule is CCCCOc1ccc([C@H]2/C(=C(\O)c3ccc(OCc4cccc(C)c4)cc3)C(=O)C(=O)N2CCOC)cc1. The molecule has 0 unspecified atom stereocenters. The predicted molar refractivity (Wildman–Crippen MR) is 150 cm³/mol. The smallest absolute Gasteiger partial charge is 0.295 e. The molecule has 0 aromatic heterocycles. The Balaban J connectivity index is 1.60. The lowest BCUT2D eigenvalue weighted by Crippen LogP contribution is -2.32. The number of likely N-dealkylation sites (tertiary alicyclic amines) is 1. The van der Waals surface area contributed by atoms with Crippen LogP contribution in [0.2, 0.25) is 0 Å². The number of aryl methyl sites for hydroxylation is 1. The van der Waals surface area contributed by atoms with Gasteiger partial charge in [-0.25, -0.2) is 0 Å². The number of ketones is 1. The first-order chi connectivity index (χ1) is 18.9. The van der Waals surface area contributed by atoms with Crippen molar-refractivity contribution in [3.05, 3.63) is 101 Å². The van der Waals surface area contributed by atoms with Gasteiger partial charge in [-0.2, -0.15) is 0 Å². The van der Waals surface area contributed by atoms with E-state index in [1.807, 2.05) is 49.4 Å². The Hall–Kier alpha value is -4.10. The third-order valence-electron chi connectivity index (χ3n) is 6.65. The molecular weight excluding hydrogens is 494 g/mol. The summed E-state index contributed by atoms with van der Waals surface area (Å²) in [6.45, 7) is 5.63. The van der Waals surface area contributed by atoms with Crippen molar-refractivity contribution >= 4 is 17.4 Å². The number of unbranched alkanes of at least 4 members (excludes halogenated alkanes) is 1. The third kappa shape index (κ3) is 6.67. The molecule has 0 spiro atoms. The van der Waals surface area contributed by atoms with Crippen molar-refractivity contribution in [2.75, 3.05) is 26.9 Å². The van der Waals surface area contributed by atoms with Crippen LogP contribution in [0.3, 0.4) is 0 Å². The van der Waals surface area contributed by atoms with E-state index in [4.69, 9.17) is 14.2 Å². The van der Waals surface area contributed by atoms with Gasteiger partial charge in [0.15, 0.2) is 0 Å². The van der Waals surface area contributed by atoms with Crippen LogP contribution < -0.4 is 9.47 Å². The highest BCUT2D eigenvalue weighted by atomic mass is 16.5. The van der Waals surface area contributed by atoms with Gasteiger partial charge in [0, 0.05) is 19.2 Å². The number of carbonyl (C=O) groups excluding carboxylic acids is 2. The normalized spacial score (nSPS) is 16.5. The lowest BCUT2D eigenvalue weighted by Gasteiger charge is -2.25. The van der Waals surface area contributed by atoms with Gasteiger partial charge >= 0.3 is 0 Å². The van der Waals surface area contributed by atoms with Gasteiger partial charge in [0.25, 0.3) is 11.7 Å². The number of amides is 1. The fourth-order valence-corrected chi connectivity index (χ4v) is 4.56. The van der Waals surface area contributed by atoms with Crippen LogP contribution in [0.25, 0.3) is 5.76 Å². The highest BCUT2D eigenvalue weighted by Crippen LogP contribution is 2.39. The molecule has 1 N–H and O–H groups in total. The summed E-state index contributed by atoms with van der Waals surface area (Å²) in [6, 6.07) is 21.5. The van der Waals surface area contributed by atoms with Crippen molar-refractivity contribution in [2.45, 2.75) is 39.3 Å². The van der Waals surface area contributed by atoms with Crippen LogP contribution in [0.15, 0.2) is 78.4 Å². The van der Waals surface area contributed by atoms with Crippen LogP contribution in [0.5, 0.6) is 11.5 Å². The number of hydrogen-bond acceptors (Lipinski definition) is 6. The second-order valence-corrected chi connectivity index (χ2v) is 9.56. The average molecular weight is 530 g/mol. The van der Waals surface area contributed by atoms with Crippen LogP contribution in [0, 0.1) is 6.92 Å². The summed E-state index contributed by atoms with van der Waals surface area (Å²) in [5, 5.41) is 11.3. The van der Waals surface area contributed by atoms with Crippen molar-refractivity contribution < 1.29 is 28.9 Å². The number of ether oxygens (including phenoxy) is 3. The van der Waals surface area contributed by atoms with Gasteiger partial charge in [-0.1, -0.05) is 55.3 Å². The minimum atomic E-state index is -0.748. The monoisotopic (exact) mass is 529 g/mol. The molecule has 0 radical (unpaired) electrons. The summed E-state index contributed by atoms with van der Waals surface area (Å²) >= 11 is 0. The first-order valence-corrected chi connectivity index (χ1v) is 13.2. The number of aliphatic hydroxyl groups excluding tert-OH is 1. The molecule has 3 aromatic rings. The molecule has 4 rings (SSSR count). The van der Waals surface area contributed by atoms with Gasteiger partial charge in [-0.3, -0.25) is 9.59 Å². The summed E-state index contributed by atoms with van der Waals surface area (Å²) in [5.41, 5.74) is 3.38. The van der Waals surface area contributed by atoms with Crippen molar-refractivity contribution in [3.63, 3.8) is 0 Å². The van der Waals surface area contributed by atoms with Crippen LogP contribution >= 0.6 is 0 Å². The molecule has 39 heavy (non-hydrogen) atoms. The van der Waals surface area contributed by atoms with Crippen LogP contribution in [0.1, 0.15) is 48.1 Å². The van der Waals surface area contributed by atoms with Gasteiger partial charge in [0.1, 0.15) is 23.9 Å². The van der Waals surface area contributed by atoms with E-state index in [9.17, 15) is 14.7 Å². The zero-order chi connectivity index (χ0) is 27.8. The number of methoxy groups -OCH3 is 1. The second-order valence-electron chi connectivity index (χ2n) is 9.56. The number of Topliss-reactive ketones (excluding diaryl/α,β-unsaturated/α-hetero) is 1. The molecule has 3 aromatic carbocycles. The number of benzene rings is 3. The van der Waals surface area contributed by atoms with Gasteiger partial charge in [0.05, 0.1) is 24.8 Å². The fourth-order valence-electron chi connectivity index (χ4n) is 4.56. The average Bonchev–Trinajstić information content (AvgIpc) is 3.20. The van der Waals surface area contributed by atoms with Gasteiger partial charge in [-0.05, 0) is 60.9 Å². The Labute approximate surface area is 229 Å². The predicted octanol–water partition coefficient (Wildman–Crippen LogP) is 5.82. The van der Waals surface area contributed by atoms with E-state index >= 15 is 0 Å². The largest absolute Gasteiger partial charge is 0.507 e. The lowest BCUT2D eigenvalue weighted by atomic mass is 9.95. The molecule has 1 aliphatic rings.